The summed E-state index contributed by atoms with van der Waals surface area (Å²) in [5, 5.41) is 2.52. The summed E-state index contributed by atoms with van der Waals surface area (Å²) < 4.78 is 64.5. The van der Waals surface area contributed by atoms with Gasteiger partial charge < -0.3 is 5.32 Å². The second kappa shape index (κ2) is 9.42. The van der Waals surface area contributed by atoms with Crippen molar-refractivity contribution < 1.29 is 26.4 Å². The van der Waals surface area contributed by atoms with Gasteiger partial charge in [-0.25, -0.2) is 13.4 Å². The first kappa shape index (κ1) is 24.3. The van der Waals surface area contributed by atoms with Crippen LogP contribution in [0.15, 0.2) is 86.6 Å². The molecule has 0 saturated heterocycles. The van der Waals surface area contributed by atoms with E-state index in [1.807, 2.05) is 23.5 Å². The van der Waals surface area contributed by atoms with E-state index in [-0.39, 0.29) is 9.79 Å². The fourth-order valence-corrected chi connectivity index (χ4v) is 6.06. The van der Waals surface area contributed by atoms with Gasteiger partial charge in [-0.1, -0.05) is 36.0 Å². The number of carbonyl (C=O) groups excluding carboxylic acids is 1. The Labute approximate surface area is 199 Å². The summed E-state index contributed by atoms with van der Waals surface area (Å²) >= 11 is 1.27. The molecule has 0 unspecified atom stereocenters. The molecular formula is C24H21F3N2O3S2. The van der Waals surface area contributed by atoms with Crippen LogP contribution in [0.25, 0.3) is 0 Å². The molecule has 1 heterocycles. The van der Waals surface area contributed by atoms with Crippen LogP contribution in [0.3, 0.4) is 0 Å². The number of aromatic nitrogens is 1. The maximum Gasteiger partial charge on any atom is 0.471 e. The van der Waals surface area contributed by atoms with Gasteiger partial charge in [0.15, 0.2) is 0 Å². The summed E-state index contributed by atoms with van der Waals surface area (Å²) in [7, 11) is -3.92. The molecule has 0 bridgehead atoms. The Morgan fingerprint density at radius 3 is 2.38 bits per heavy atom. The molecule has 1 fully saturated rings. The minimum atomic E-state index is -4.99. The Hall–Kier alpha value is -2.85. The van der Waals surface area contributed by atoms with E-state index in [0.717, 1.165) is 18.4 Å². The van der Waals surface area contributed by atoms with Crippen molar-refractivity contribution in [3.8, 4) is 0 Å². The third-order valence-electron chi connectivity index (χ3n) is 5.45. The number of amides is 1. The maximum atomic E-state index is 13.5. The van der Waals surface area contributed by atoms with Crippen LogP contribution in [0.5, 0.6) is 0 Å². The number of alkyl halides is 3. The summed E-state index contributed by atoms with van der Waals surface area (Å²) in [6.45, 7) is 1.39. The predicted molar refractivity (Wildman–Crippen MR) is 121 cm³/mol. The number of hydrogen-bond acceptors (Lipinski definition) is 5. The van der Waals surface area contributed by atoms with Crippen LogP contribution >= 0.6 is 11.8 Å². The van der Waals surface area contributed by atoms with Gasteiger partial charge >= 0.3 is 12.1 Å². The first-order chi connectivity index (χ1) is 16.1. The van der Waals surface area contributed by atoms with Gasteiger partial charge in [-0.15, -0.1) is 0 Å². The topological polar surface area (TPSA) is 76.1 Å². The largest absolute Gasteiger partial charge is 0.471 e. The van der Waals surface area contributed by atoms with Crippen molar-refractivity contribution >= 4 is 27.5 Å². The molecule has 1 aliphatic rings. The standard InChI is InChI=1S/C24H21F3N2O3S2/c1-15(29-23(30)24(25,26)27)16-7-10-19(11-8-16)34(31,32)21-12-9-18(17-5-6-17)14-20(21)33-22-4-2-3-13-28-22/h2-4,7-15,17H,5-6H2,1H3,(H,29,30)/t15-/m0/s1. The number of nitrogens with zero attached hydrogens (tertiary/aromatic N) is 1. The van der Waals surface area contributed by atoms with Crippen molar-refractivity contribution in [2.45, 2.75) is 57.6 Å². The van der Waals surface area contributed by atoms with E-state index in [1.165, 1.54) is 43.0 Å². The van der Waals surface area contributed by atoms with Gasteiger partial charge in [0.1, 0.15) is 5.03 Å². The molecule has 1 saturated carbocycles. The second-order valence-electron chi connectivity index (χ2n) is 8.02. The van der Waals surface area contributed by atoms with Gasteiger partial charge in [0, 0.05) is 11.1 Å². The Balaban J connectivity index is 1.63. The molecule has 1 aromatic heterocycles. The second-order valence-corrected chi connectivity index (χ2v) is 11.0. The van der Waals surface area contributed by atoms with Crippen molar-refractivity contribution in [1.82, 2.24) is 10.3 Å². The van der Waals surface area contributed by atoms with E-state index in [2.05, 4.69) is 4.98 Å². The van der Waals surface area contributed by atoms with E-state index in [0.29, 0.717) is 21.4 Å². The van der Waals surface area contributed by atoms with E-state index < -0.39 is 28.0 Å². The lowest BCUT2D eigenvalue weighted by Crippen LogP contribution is -2.38. The van der Waals surface area contributed by atoms with Crippen LogP contribution in [0.4, 0.5) is 13.2 Å². The number of halogens is 3. The zero-order valence-electron chi connectivity index (χ0n) is 18.0. The van der Waals surface area contributed by atoms with Gasteiger partial charge in [0.25, 0.3) is 0 Å². The Morgan fingerprint density at radius 2 is 1.79 bits per heavy atom. The number of hydrogen-bond donors (Lipinski definition) is 1. The molecule has 34 heavy (non-hydrogen) atoms. The molecule has 1 atom stereocenters. The molecule has 3 aromatic rings. The summed E-state index contributed by atoms with van der Waals surface area (Å²) in [4.78, 5) is 16.2. The number of carbonyl (C=O) groups is 1. The first-order valence-electron chi connectivity index (χ1n) is 10.5. The highest BCUT2D eigenvalue weighted by Crippen LogP contribution is 2.43. The van der Waals surface area contributed by atoms with Crippen LogP contribution in [0.1, 0.15) is 42.9 Å². The van der Waals surface area contributed by atoms with Crippen molar-refractivity contribution in [2.24, 2.45) is 0 Å². The van der Waals surface area contributed by atoms with Gasteiger partial charge in [0.2, 0.25) is 9.84 Å². The van der Waals surface area contributed by atoms with Crippen LogP contribution in [-0.2, 0) is 14.6 Å². The van der Waals surface area contributed by atoms with E-state index in [4.69, 9.17) is 0 Å². The maximum absolute atomic E-state index is 13.5. The summed E-state index contributed by atoms with van der Waals surface area (Å²) in [5.41, 5.74) is 1.44. The Kier molecular flexibility index (Phi) is 6.73. The fourth-order valence-electron chi connectivity index (χ4n) is 3.44. The highest BCUT2D eigenvalue weighted by atomic mass is 32.2. The van der Waals surface area contributed by atoms with Crippen molar-refractivity contribution in [3.63, 3.8) is 0 Å². The van der Waals surface area contributed by atoms with E-state index >= 15 is 0 Å². The summed E-state index contributed by atoms with van der Waals surface area (Å²) in [5.74, 6) is -1.61. The summed E-state index contributed by atoms with van der Waals surface area (Å²) in [6.07, 6.45) is -1.21. The van der Waals surface area contributed by atoms with Crippen molar-refractivity contribution in [3.05, 3.63) is 78.0 Å². The third-order valence-corrected chi connectivity index (χ3v) is 8.42. The van der Waals surface area contributed by atoms with Gasteiger partial charge in [-0.05, 0) is 73.2 Å². The predicted octanol–water partition coefficient (Wildman–Crippen LogP) is 5.68. The molecule has 1 N–H and O–H groups in total. The molecule has 0 spiro atoms. The highest BCUT2D eigenvalue weighted by molar-refractivity contribution is 8.00. The zero-order valence-corrected chi connectivity index (χ0v) is 19.7. The minimum absolute atomic E-state index is 0.00707. The fraction of sp³-hybridized carbons (Fsp3) is 0.250. The highest BCUT2D eigenvalue weighted by Gasteiger charge is 2.39. The van der Waals surface area contributed by atoms with Crippen LogP contribution in [0, 0.1) is 0 Å². The normalized spacial score (nSPS) is 15.1. The smallest absolute Gasteiger partial charge is 0.342 e. The van der Waals surface area contributed by atoms with Gasteiger partial charge in [0.05, 0.1) is 15.8 Å². The lowest BCUT2D eigenvalue weighted by Gasteiger charge is -2.16. The zero-order chi connectivity index (χ0) is 24.5. The molecule has 10 heteroatoms. The van der Waals surface area contributed by atoms with Crippen LogP contribution < -0.4 is 5.32 Å². The third kappa shape index (κ3) is 5.44. The first-order valence-corrected chi connectivity index (χ1v) is 12.8. The minimum Gasteiger partial charge on any atom is -0.342 e. The number of pyridine rings is 1. The monoisotopic (exact) mass is 506 g/mol. The quantitative estimate of drug-likeness (QED) is 0.446. The van der Waals surface area contributed by atoms with Crippen molar-refractivity contribution in [2.75, 3.05) is 0 Å². The number of nitrogens with one attached hydrogen (secondary N) is 1. The van der Waals surface area contributed by atoms with E-state index in [1.54, 1.807) is 24.4 Å². The molecule has 5 nitrogen and oxygen atoms in total. The molecule has 0 aliphatic heterocycles. The number of rotatable bonds is 7. The van der Waals surface area contributed by atoms with Gasteiger partial charge in [-0.3, -0.25) is 4.79 Å². The molecule has 2 aromatic carbocycles. The molecule has 4 rings (SSSR count). The lowest BCUT2D eigenvalue weighted by molar-refractivity contribution is -0.174. The number of benzene rings is 2. The van der Waals surface area contributed by atoms with E-state index in [9.17, 15) is 26.4 Å². The average Bonchev–Trinajstić information content (AvgIpc) is 3.64. The molecule has 1 amide bonds. The van der Waals surface area contributed by atoms with Crippen molar-refractivity contribution in [1.29, 1.82) is 0 Å². The molecular weight excluding hydrogens is 485 g/mol. The molecule has 1 aliphatic carbocycles. The lowest BCUT2D eigenvalue weighted by atomic mass is 10.1. The SMILES string of the molecule is C[C@H](NC(=O)C(F)(F)F)c1ccc(S(=O)(=O)c2ccc(C3CC3)cc2Sc2ccccn2)cc1. The summed E-state index contributed by atoms with van der Waals surface area (Å²) in [6, 6.07) is 15.3. The van der Waals surface area contributed by atoms with Gasteiger partial charge in [-0.2, -0.15) is 13.2 Å². The Bertz CT molecular complexity index is 1290. The van der Waals surface area contributed by atoms with Crippen LogP contribution in [0.2, 0.25) is 0 Å². The molecule has 178 valence electrons. The van der Waals surface area contributed by atoms with Crippen LogP contribution in [-0.4, -0.2) is 25.5 Å². The number of sulfone groups is 1. The molecule has 0 radical (unpaired) electrons. The Morgan fingerprint density at radius 1 is 1.09 bits per heavy atom. The average molecular weight is 507 g/mol.